The lowest BCUT2D eigenvalue weighted by atomic mass is 10.1. The fraction of sp³-hybridized carbons (Fsp3) is 0.375. The summed E-state index contributed by atoms with van der Waals surface area (Å²) in [5, 5.41) is 0. The lowest BCUT2D eigenvalue weighted by Gasteiger charge is -2.23. The summed E-state index contributed by atoms with van der Waals surface area (Å²) in [6.07, 6.45) is 0.708. The summed E-state index contributed by atoms with van der Waals surface area (Å²) in [5.41, 5.74) is 7.97. The molecule has 0 unspecified atom stereocenters. The number of H-pyrrole nitrogens is 1. The van der Waals surface area contributed by atoms with Gasteiger partial charge in [0, 0.05) is 32.1 Å². The number of aromatic amines is 1. The topological polar surface area (TPSA) is 75.0 Å². The quantitative estimate of drug-likeness (QED) is 0.849. The Morgan fingerprint density at radius 2 is 1.95 bits per heavy atom. The zero-order valence-corrected chi connectivity index (χ0v) is 12.6. The second kappa shape index (κ2) is 7.04. The van der Waals surface area contributed by atoms with Crippen LogP contribution in [0.25, 0.3) is 0 Å². The first kappa shape index (κ1) is 15.3. The highest BCUT2D eigenvalue weighted by Crippen LogP contribution is 2.16. The number of hydrogen-bond donors (Lipinski definition) is 2. The van der Waals surface area contributed by atoms with Crippen LogP contribution < -0.4 is 16.2 Å². The highest BCUT2D eigenvalue weighted by molar-refractivity contribution is 5.40. The van der Waals surface area contributed by atoms with Gasteiger partial charge in [0.25, 0.3) is 5.56 Å². The fourth-order valence-electron chi connectivity index (χ4n) is 2.29. The largest absolute Gasteiger partial charge is 0.352 e. The molecule has 0 saturated carbocycles. The number of rotatable bonds is 6. The van der Waals surface area contributed by atoms with E-state index in [1.807, 2.05) is 25.1 Å². The third kappa shape index (κ3) is 3.70. The first-order chi connectivity index (χ1) is 10.2. The molecule has 21 heavy (non-hydrogen) atoms. The summed E-state index contributed by atoms with van der Waals surface area (Å²) in [6.45, 7) is 6.01. The minimum absolute atomic E-state index is 0.109. The molecule has 0 fully saturated rings. The van der Waals surface area contributed by atoms with Gasteiger partial charge in [-0.25, -0.2) is 4.98 Å². The first-order valence-electron chi connectivity index (χ1n) is 7.30. The lowest BCUT2D eigenvalue weighted by Crippen LogP contribution is -2.26. The van der Waals surface area contributed by atoms with E-state index in [1.165, 1.54) is 5.56 Å². The normalized spacial score (nSPS) is 10.6. The highest BCUT2D eigenvalue weighted by Gasteiger charge is 2.11. The van der Waals surface area contributed by atoms with Gasteiger partial charge in [-0.1, -0.05) is 31.2 Å². The molecule has 2 aromatic rings. The number of anilines is 1. The third-order valence-electron chi connectivity index (χ3n) is 3.52. The smallest absolute Gasteiger partial charge is 0.252 e. The number of nitrogens with zero attached hydrogens (tertiary/aromatic N) is 2. The van der Waals surface area contributed by atoms with Crippen LogP contribution in [0.5, 0.6) is 0 Å². The van der Waals surface area contributed by atoms with Gasteiger partial charge in [-0.3, -0.25) is 4.79 Å². The molecule has 2 rings (SSSR count). The number of aromatic nitrogens is 2. The Hall–Kier alpha value is -2.14. The third-order valence-corrected chi connectivity index (χ3v) is 3.52. The van der Waals surface area contributed by atoms with Crippen molar-refractivity contribution in [2.75, 3.05) is 11.4 Å². The summed E-state index contributed by atoms with van der Waals surface area (Å²) in [4.78, 5) is 21.1. The molecule has 0 atom stereocenters. The minimum Gasteiger partial charge on any atom is -0.352 e. The average molecular weight is 286 g/mol. The maximum absolute atomic E-state index is 11.7. The average Bonchev–Trinajstić information content (AvgIpc) is 2.52. The Balaban J connectivity index is 2.32. The van der Waals surface area contributed by atoms with Gasteiger partial charge >= 0.3 is 0 Å². The molecule has 0 radical (unpaired) electrons. The number of nitrogens with two attached hydrogens (primary N) is 1. The van der Waals surface area contributed by atoms with Crippen molar-refractivity contribution < 1.29 is 0 Å². The summed E-state index contributed by atoms with van der Waals surface area (Å²) in [6, 6.07) is 9.64. The van der Waals surface area contributed by atoms with Crippen LogP contribution >= 0.6 is 0 Å². The standard InChI is InChI=1S/C16H22N4O/c1-3-14-18-15(9-16(21)19-14)20(4-2)11-13-8-6-5-7-12(13)10-17/h5-9H,3-4,10-11,17H2,1-2H3,(H,18,19,21). The molecular formula is C16H22N4O. The van der Waals surface area contributed by atoms with Crippen LogP contribution in [-0.2, 0) is 19.5 Å². The van der Waals surface area contributed by atoms with E-state index in [9.17, 15) is 4.79 Å². The van der Waals surface area contributed by atoms with E-state index in [1.54, 1.807) is 6.07 Å². The Morgan fingerprint density at radius 3 is 2.57 bits per heavy atom. The van der Waals surface area contributed by atoms with Gasteiger partial charge in [0.15, 0.2) is 0 Å². The molecule has 5 nitrogen and oxygen atoms in total. The molecule has 0 aliphatic rings. The molecule has 5 heteroatoms. The molecule has 0 bridgehead atoms. The number of benzene rings is 1. The monoisotopic (exact) mass is 286 g/mol. The SMILES string of the molecule is CCc1nc(N(CC)Cc2ccccc2CN)cc(=O)[nH]1. The van der Waals surface area contributed by atoms with Crippen LogP contribution in [0.1, 0.15) is 30.8 Å². The van der Waals surface area contributed by atoms with E-state index < -0.39 is 0 Å². The zero-order chi connectivity index (χ0) is 15.2. The van der Waals surface area contributed by atoms with Crippen molar-refractivity contribution in [3.63, 3.8) is 0 Å². The molecule has 0 saturated heterocycles. The van der Waals surface area contributed by atoms with Crippen molar-refractivity contribution in [2.24, 2.45) is 5.73 Å². The molecule has 0 aliphatic heterocycles. The summed E-state index contributed by atoms with van der Waals surface area (Å²) in [5.74, 6) is 1.42. The Labute approximate surface area is 124 Å². The Morgan fingerprint density at radius 1 is 1.24 bits per heavy atom. The first-order valence-corrected chi connectivity index (χ1v) is 7.30. The molecule has 1 heterocycles. The Kier molecular flexibility index (Phi) is 5.11. The van der Waals surface area contributed by atoms with Crippen LogP contribution in [0.2, 0.25) is 0 Å². The van der Waals surface area contributed by atoms with Gasteiger partial charge in [0.1, 0.15) is 11.6 Å². The van der Waals surface area contributed by atoms with Crippen LogP contribution in [0.4, 0.5) is 5.82 Å². The van der Waals surface area contributed by atoms with Crippen molar-refractivity contribution in [3.05, 3.63) is 57.6 Å². The van der Waals surface area contributed by atoms with E-state index in [0.29, 0.717) is 31.2 Å². The molecular weight excluding hydrogens is 264 g/mol. The van der Waals surface area contributed by atoms with Crippen molar-refractivity contribution in [1.82, 2.24) is 9.97 Å². The summed E-state index contributed by atoms with van der Waals surface area (Å²) in [7, 11) is 0. The number of hydrogen-bond acceptors (Lipinski definition) is 4. The van der Waals surface area contributed by atoms with Gasteiger partial charge in [-0.2, -0.15) is 0 Å². The molecule has 0 aliphatic carbocycles. The predicted molar refractivity (Wildman–Crippen MR) is 85.3 cm³/mol. The van der Waals surface area contributed by atoms with E-state index in [4.69, 9.17) is 5.73 Å². The fourth-order valence-corrected chi connectivity index (χ4v) is 2.29. The van der Waals surface area contributed by atoms with Crippen molar-refractivity contribution >= 4 is 5.82 Å². The van der Waals surface area contributed by atoms with E-state index >= 15 is 0 Å². The molecule has 1 aromatic heterocycles. The summed E-state index contributed by atoms with van der Waals surface area (Å²) < 4.78 is 0. The zero-order valence-electron chi connectivity index (χ0n) is 12.6. The van der Waals surface area contributed by atoms with Crippen LogP contribution in [0.3, 0.4) is 0 Å². The van der Waals surface area contributed by atoms with E-state index in [2.05, 4.69) is 27.9 Å². The van der Waals surface area contributed by atoms with Gasteiger partial charge in [-0.15, -0.1) is 0 Å². The van der Waals surface area contributed by atoms with Gasteiger partial charge in [-0.05, 0) is 18.1 Å². The van der Waals surface area contributed by atoms with Crippen molar-refractivity contribution in [1.29, 1.82) is 0 Å². The van der Waals surface area contributed by atoms with Crippen molar-refractivity contribution in [3.8, 4) is 0 Å². The Bertz CT molecular complexity index is 651. The van der Waals surface area contributed by atoms with Crippen LogP contribution in [-0.4, -0.2) is 16.5 Å². The predicted octanol–water partition coefficient (Wildman–Crippen LogP) is 1.82. The molecule has 0 spiro atoms. The number of nitrogens with one attached hydrogen (secondary N) is 1. The van der Waals surface area contributed by atoms with Crippen LogP contribution in [0.15, 0.2) is 35.1 Å². The molecule has 0 amide bonds. The highest BCUT2D eigenvalue weighted by atomic mass is 16.1. The van der Waals surface area contributed by atoms with Crippen molar-refractivity contribution in [2.45, 2.75) is 33.4 Å². The maximum atomic E-state index is 11.7. The number of aryl methyl sites for hydroxylation is 1. The van der Waals surface area contributed by atoms with E-state index in [-0.39, 0.29) is 5.56 Å². The molecule has 1 aromatic carbocycles. The lowest BCUT2D eigenvalue weighted by molar-refractivity contribution is 0.784. The molecule has 112 valence electrons. The summed E-state index contributed by atoms with van der Waals surface area (Å²) >= 11 is 0. The second-order valence-electron chi connectivity index (χ2n) is 4.89. The maximum Gasteiger partial charge on any atom is 0.252 e. The minimum atomic E-state index is -0.109. The van der Waals surface area contributed by atoms with Gasteiger partial charge in [0.2, 0.25) is 0 Å². The second-order valence-corrected chi connectivity index (χ2v) is 4.89. The van der Waals surface area contributed by atoms with Gasteiger partial charge < -0.3 is 15.6 Å². The molecule has 3 N–H and O–H groups in total. The van der Waals surface area contributed by atoms with Gasteiger partial charge in [0.05, 0.1) is 0 Å². The van der Waals surface area contributed by atoms with Crippen LogP contribution in [0, 0.1) is 0 Å². The van der Waals surface area contributed by atoms with E-state index in [0.717, 1.165) is 12.1 Å².